The zero-order chi connectivity index (χ0) is 21.0. The number of carbonyl (C=O) groups is 1. The monoisotopic (exact) mass is 430 g/mol. The van der Waals surface area contributed by atoms with Gasteiger partial charge >= 0.3 is 0 Å². The lowest BCUT2D eigenvalue weighted by molar-refractivity contribution is 0.102. The van der Waals surface area contributed by atoms with E-state index in [0.29, 0.717) is 11.3 Å². The van der Waals surface area contributed by atoms with Gasteiger partial charge in [-0.05, 0) is 48.9 Å². The van der Waals surface area contributed by atoms with E-state index in [1.54, 1.807) is 36.4 Å². The second-order valence-corrected chi connectivity index (χ2v) is 8.31. The number of amides is 1. The summed E-state index contributed by atoms with van der Waals surface area (Å²) in [4.78, 5) is 12.6. The first-order valence-electron chi connectivity index (χ1n) is 8.64. The van der Waals surface area contributed by atoms with Crippen LogP contribution in [0, 0.1) is 6.92 Å². The van der Waals surface area contributed by atoms with Crippen molar-refractivity contribution in [3.8, 4) is 5.75 Å². The van der Waals surface area contributed by atoms with Crippen LogP contribution in [0.5, 0.6) is 5.75 Å². The van der Waals surface area contributed by atoms with Gasteiger partial charge < -0.3 is 10.1 Å². The van der Waals surface area contributed by atoms with Crippen molar-refractivity contribution in [1.82, 2.24) is 0 Å². The van der Waals surface area contributed by atoms with E-state index < -0.39 is 10.0 Å². The molecule has 29 heavy (non-hydrogen) atoms. The van der Waals surface area contributed by atoms with Gasteiger partial charge in [-0.1, -0.05) is 41.9 Å². The Hall–Kier alpha value is -3.03. The maximum absolute atomic E-state index is 12.8. The molecule has 0 saturated carbocycles. The number of methoxy groups -OCH3 is 1. The lowest BCUT2D eigenvalue weighted by Gasteiger charge is -2.14. The zero-order valence-electron chi connectivity index (χ0n) is 15.8. The molecule has 3 aromatic rings. The highest BCUT2D eigenvalue weighted by molar-refractivity contribution is 7.92. The largest absolute Gasteiger partial charge is 0.495 e. The Bertz CT molecular complexity index is 1160. The molecule has 0 saturated heterocycles. The summed E-state index contributed by atoms with van der Waals surface area (Å²) >= 11 is 6.04. The van der Waals surface area contributed by atoms with E-state index in [1.165, 1.54) is 25.3 Å². The number of rotatable bonds is 6. The van der Waals surface area contributed by atoms with E-state index in [0.717, 1.165) is 5.56 Å². The van der Waals surface area contributed by atoms with Gasteiger partial charge in [0, 0.05) is 5.56 Å². The number of carbonyl (C=O) groups excluding carboxylic acids is 1. The van der Waals surface area contributed by atoms with E-state index in [4.69, 9.17) is 16.3 Å². The SMILES string of the molecule is COc1ccc(S(=O)(=O)Nc2ccccc2Cl)cc1NC(=O)c1ccccc1C. The lowest BCUT2D eigenvalue weighted by Crippen LogP contribution is -2.16. The van der Waals surface area contributed by atoms with Crippen LogP contribution in [0.25, 0.3) is 0 Å². The van der Waals surface area contributed by atoms with Crippen molar-refractivity contribution in [3.05, 3.63) is 82.9 Å². The Balaban J connectivity index is 1.93. The third kappa shape index (κ3) is 4.70. The first-order valence-corrected chi connectivity index (χ1v) is 10.5. The molecule has 0 radical (unpaired) electrons. The van der Waals surface area contributed by atoms with Crippen molar-refractivity contribution in [2.24, 2.45) is 0 Å². The van der Waals surface area contributed by atoms with E-state index >= 15 is 0 Å². The van der Waals surface area contributed by atoms with Gasteiger partial charge in [-0.2, -0.15) is 0 Å². The molecule has 0 fully saturated rings. The van der Waals surface area contributed by atoms with Crippen LogP contribution in [0.1, 0.15) is 15.9 Å². The first kappa shape index (κ1) is 20.7. The van der Waals surface area contributed by atoms with Gasteiger partial charge in [-0.3, -0.25) is 9.52 Å². The van der Waals surface area contributed by atoms with E-state index in [2.05, 4.69) is 10.0 Å². The number of nitrogens with one attached hydrogen (secondary N) is 2. The van der Waals surface area contributed by atoms with Crippen LogP contribution >= 0.6 is 11.6 Å². The number of sulfonamides is 1. The molecule has 150 valence electrons. The Labute approximate surface area is 174 Å². The highest BCUT2D eigenvalue weighted by Crippen LogP contribution is 2.30. The van der Waals surface area contributed by atoms with Crippen LogP contribution in [-0.2, 0) is 10.0 Å². The van der Waals surface area contributed by atoms with Crippen LogP contribution in [-0.4, -0.2) is 21.4 Å². The molecule has 8 heteroatoms. The predicted octanol–water partition coefficient (Wildman–Crippen LogP) is 4.71. The smallest absolute Gasteiger partial charge is 0.262 e. The Morgan fingerprint density at radius 1 is 0.966 bits per heavy atom. The summed E-state index contributed by atoms with van der Waals surface area (Å²) in [5.74, 6) is -0.0290. The van der Waals surface area contributed by atoms with Crippen molar-refractivity contribution >= 4 is 38.9 Å². The number of ether oxygens (including phenoxy) is 1. The third-order valence-electron chi connectivity index (χ3n) is 4.24. The van der Waals surface area contributed by atoms with Gasteiger partial charge in [0.1, 0.15) is 5.75 Å². The molecule has 0 aliphatic carbocycles. The number of halogens is 1. The molecule has 0 aromatic heterocycles. The molecule has 3 rings (SSSR count). The average molecular weight is 431 g/mol. The minimum Gasteiger partial charge on any atom is -0.495 e. The maximum atomic E-state index is 12.8. The molecule has 0 spiro atoms. The van der Waals surface area contributed by atoms with Crippen molar-refractivity contribution in [2.45, 2.75) is 11.8 Å². The fourth-order valence-corrected chi connectivity index (χ4v) is 4.06. The highest BCUT2D eigenvalue weighted by atomic mass is 35.5. The summed E-state index contributed by atoms with van der Waals surface area (Å²) in [6, 6.07) is 17.8. The zero-order valence-corrected chi connectivity index (χ0v) is 17.3. The molecule has 0 atom stereocenters. The van der Waals surface area contributed by atoms with Crippen molar-refractivity contribution < 1.29 is 17.9 Å². The van der Waals surface area contributed by atoms with Crippen LogP contribution in [0.3, 0.4) is 0 Å². The molecule has 2 N–H and O–H groups in total. The fraction of sp³-hybridized carbons (Fsp3) is 0.0952. The molecule has 0 aliphatic rings. The minimum atomic E-state index is -3.93. The van der Waals surface area contributed by atoms with Crippen LogP contribution in [0.2, 0.25) is 5.02 Å². The van der Waals surface area contributed by atoms with Crippen molar-refractivity contribution in [1.29, 1.82) is 0 Å². The van der Waals surface area contributed by atoms with Gasteiger partial charge in [0.25, 0.3) is 15.9 Å². The second kappa shape index (κ2) is 8.55. The van der Waals surface area contributed by atoms with Gasteiger partial charge in [-0.25, -0.2) is 8.42 Å². The summed E-state index contributed by atoms with van der Waals surface area (Å²) < 4.78 is 33.3. The van der Waals surface area contributed by atoms with Gasteiger partial charge in [0.2, 0.25) is 0 Å². The average Bonchev–Trinajstić information content (AvgIpc) is 2.70. The Morgan fingerprint density at radius 3 is 2.34 bits per heavy atom. The van der Waals surface area contributed by atoms with E-state index in [1.807, 2.05) is 19.1 Å². The van der Waals surface area contributed by atoms with Gasteiger partial charge in [-0.15, -0.1) is 0 Å². The molecule has 6 nitrogen and oxygen atoms in total. The van der Waals surface area contributed by atoms with Crippen LogP contribution < -0.4 is 14.8 Å². The summed E-state index contributed by atoms with van der Waals surface area (Å²) in [7, 11) is -2.49. The number of hydrogen-bond donors (Lipinski definition) is 2. The number of hydrogen-bond acceptors (Lipinski definition) is 4. The molecule has 1 amide bonds. The quantitative estimate of drug-likeness (QED) is 0.593. The van der Waals surface area contributed by atoms with Crippen molar-refractivity contribution in [3.63, 3.8) is 0 Å². The number of para-hydroxylation sites is 1. The maximum Gasteiger partial charge on any atom is 0.262 e. The van der Waals surface area contributed by atoms with Crippen LogP contribution in [0.15, 0.2) is 71.6 Å². The standard InChI is InChI=1S/C21H19ClN2O4S/c1-14-7-3-4-8-16(14)21(25)23-19-13-15(11-12-20(19)28-2)29(26,27)24-18-10-6-5-9-17(18)22/h3-13,24H,1-2H3,(H,23,25). The third-order valence-corrected chi connectivity index (χ3v) is 5.93. The second-order valence-electron chi connectivity index (χ2n) is 6.22. The normalized spacial score (nSPS) is 11.0. The summed E-state index contributed by atoms with van der Waals surface area (Å²) in [5.41, 5.74) is 1.78. The summed E-state index contributed by atoms with van der Waals surface area (Å²) in [6.45, 7) is 1.82. The Kier molecular flexibility index (Phi) is 6.10. The molecule has 3 aromatic carbocycles. The molecule has 0 unspecified atom stereocenters. The summed E-state index contributed by atoms with van der Waals surface area (Å²) in [6.07, 6.45) is 0. The fourth-order valence-electron chi connectivity index (χ4n) is 2.72. The van der Waals surface area contributed by atoms with Gasteiger partial charge in [0.05, 0.1) is 28.4 Å². The number of anilines is 2. The molecular formula is C21H19ClN2O4S. The van der Waals surface area contributed by atoms with Gasteiger partial charge in [0.15, 0.2) is 0 Å². The summed E-state index contributed by atoms with van der Waals surface area (Å²) in [5, 5.41) is 3.00. The number of benzene rings is 3. The van der Waals surface area contributed by atoms with E-state index in [-0.39, 0.29) is 27.2 Å². The lowest BCUT2D eigenvalue weighted by atomic mass is 10.1. The minimum absolute atomic E-state index is 0.0432. The van der Waals surface area contributed by atoms with E-state index in [9.17, 15) is 13.2 Å². The van der Waals surface area contributed by atoms with Crippen molar-refractivity contribution in [2.75, 3.05) is 17.1 Å². The Morgan fingerprint density at radius 2 is 1.66 bits per heavy atom. The highest BCUT2D eigenvalue weighted by Gasteiger charge is 2.19. The number of aryl methyl sites for hydroxylation is 1. The molecule has 0 aliphatic heterocycles. The molecular weight excluding hydrogens is 412 g/mol. The predicted molar refractivity (Wildman–Crippen MR) is 114 cm³/mol. The topological polar surface area (TPSA) is 84.5 Å². The molecule has 0 bridgehead atoms. The molecule has 0 heterocycles. The first-order chi connectivity index (χ1) is 13.8. The van der Waals surface area contributed by atoms with Crippen LogP contribution in [0.4, 0.5) is 11.4 Å².